The summed E-state index contributed by atoms with van der Waals surface area (Å²) in [5, 5.41) is 3.41. The molecule has 1 aliphatic rings. The Labute approximate surface area is 120 Å². The van der Waals surface area contributed by atoms with Crippen LogP contribution < -0.4 is 16.8 Å². The van der Waals surface area contributed by atoms with Crippen LogP contribution in [0.5, 0.6) is 0 Å². The highest BCUT2D eigenvalue weighted by atomic mass is 16.1. The number of nitrogens with one attached hydrogen (secondary N) is 1. The number of anilines is 2. The molecule has 5 N–H and O–H groups in total. The smallest absolute Gasteiger partial charge is 0.250 e. The van der Waals surface area contributed by atoms with E-state index in [1.54, 1.807) is 12.1 Å². The Bertz CT molecular complexity index is 469. The molecule has 0 saturated carbocycles. The molecule has 2 rings (SSSR count). The SMILES string of the molecule is CC(CN1CCCCC1)Nc1ccc(N)c(C(N)=O)c1. The van der Waals surface area contributed by atoms with Crippen LogP contribution in [-0.4, -0.2) is 36.5 Å². The maximum absolute atomic E-state index is 11.3. The van der Waals surface area contributed by atoms with Gasteiger partial charge in [0.1, 0.15) is 0 Å². The van der Waals surface area contributed by atoms with Crippen molar-refractivity contribution in [1.82, 2.24) is 4.90 Å². The van der Waals surface area contributed by atoms with E-state index in [0.29, 0.717) is 17.3 Å². The minimum atomic E-state index is -0.491. The van der Waals surface area contributed by atoms with Crippen molar-refractivity contribution >= 4 is 17.3 Å². The second-order valence-electron chi connectivity index (χ2n) is 5.57. The lowest BCUT2D eigenvalue weighted by molar-refractivity contribution is 0.100. The number of rotatable bonds is 5. The molecular weight excluding hydrogens is 252 g/mol. The highest BCUT2D eigenvalue weighted by Gasteiger charge is 2.14. The van der Waals surface area contributed by atoms with E-state index >= 15 is 0 Å². The van der Waals surface area contributed by atoms with Crippen LogP contribution in [0, 0.1) is 0 Å². The standard InChI is InChI=1S/C15H24N4O/c1-11(10-19-7-3-2-4-8-19)18-12-5-6-14(16)13(9-12)15(17)20/h5-6,9,11,18H,2-4,7-8,10,16H2,1H3,(H2,17,20). The van der Waals surface area contributed by atoms with Crippen molar-refractivity contribution in [1.29, 1.82) is 0 Å². The van der Waals surface area contributed by atoms with E-state index in [-0.39, 0.29) is 0 Å². The van der Waals surface area contributed by atoms with E-state index in [1.165, 1.54) is 32.4 Å². The molecule has 110 valence electrons. The highest BCUT2D eigenvalue weighted by Crippen LogP contribution is 2.18. The summed E-state index contributed by atoms with van der Waals surface area (Å²) < 4.78 is 0. The number of likely N-dealkylation sites (tertiary alicyclic amines) is 1. The number of hydrogen-bond acceptors (Lipinski definition) is 4. The Hall–Kier alpha value is -1.75. The van der Waals surface area contributed by atoms with E-state index in [4.69, 9.17) is 11.5 Å². The van der Waals surface area contributed by atoms with Crippen molar-refractivity contribution in [3.8, 4) is 0 Å². The molecule has 0 aliphatic carbocycles. The van der Waals surface area contributed by atoms with E-state index in [2.05, 4.69) is 17.1 Å². The summed E-state index contributed by atoms with van der Waals surface area (Å²) in [5.74, 6) is -0.491. The number of nitrogen functional groups attached to an aromatic ring is 1. The fraction of sp³-hybridized carbons (Fsp3) is 0.533. The first-order valence-electron chi connectivity index (χ1n) is 7.24. The van der Waals surface area contributed by atoms with Crippen LogP contribution in [0.15, 0.2) is 18.2 Å². The average Bonchev–Trinajstić information content (AvgIpc) is 2.41. The fourth-order valence-electron chi connectivity index (χ4n) is 2.72. The summed E-state index contributed by atoms with van der Waals surface area (Å²) in [6.07, 6.45) is 3.93. The summed E-state index contributed by atoms with van der Waals surface area (Å²) in [7, 11) is 0. The zero-order valence-electron chi connectivity index (χ0n) is 12.1. The van der Waals surface area contributed by atoms with Gasteiger partial charge in [0.25, 0.3) is 5.91 Å². The van der Waals surface area contributed by atoms with Crippen molar-refractivity contribution in [3.05, 3.63) is 23.8 Å². The third kappa shape index (κ3) is 3.87. The molecular formula is C15H24N4O. The molecule has 1 aromatic carbocycles. The van der Waals surface area contributed by atoms with E-state index in [9.17, 15) is 4.79 Å². The van der Waals surface area contributed by atoms with Crippen molar-refractivity contribution in [2.45, 2.75) is 32.2 Å². The lowest BCUT2D eigenvalue weighted by Gasteiger charge is -2.29. The van der Waals surface area contributed by atoms with Crippen LogP contribution in [0.1, 0.15) is 36.5 Å². The number of nitrogens with two attached hydrogens (primary N) is 2. The molecule has 1 unspecified atom stereocenters. The maximum Gasteiger partial charge on any atom is 0.250 e. The van der Waals surface area contributed by atoms with Gasteiger partial charge in [-0.05, 0) is 51.1 Å². The first-order valence-corrected chi connectivity index (χ1v) is 7.24. The van der Waals surface area contributed by atoms with Gasteiger partial charge in [0.2, 0.25) is 0 Å². The second-order valence-corrected chi connectivity index (χ2v) is 5.57. The van der Waals surface area contributed by atoms with Crippen molar-refractivity contribution in [2.24, 2.45) is 5.73 Å². The summed E-state index contributed by atoms with van der Waals surface area (Å²) >= 11 is 0. The summed E-state index contributed by atoms with van der Waals surface area (Å²) in [4.78, 5) is 13.8. The normalized spacial score (nSPS) is 17.6. The van der Waals surface area contributed by atoms with Gasteiger partial charge in [-0.25, -0.2) is 0 Å². The molecule has 1 aliphatic heterocycles. The fourth-order valence-corrected chi connectivity index (χ4v) is 2.72. The van der Waals surface area contributed by atoms with E-state index in [0.717, 1.165) is 12.2 Å². The molecule has 5 heteroatoms. The maximum atomic E-state index is 11.3. The number of amides is 1. The van der Waals surface area contributed by atoms with Gasteiger partial charge < -0.3 is 21.7 Å². The van der Waals surface area contributed by atoms with E-state index < -0.39 is 5.91 Å². The zero-order chi connectivity index (χ0) is 14.5. The Kier molecular flexibility index (Phi) is 4.84. The Morgan fingerprint density at radius 2 is 2.05 bits per heavy atom. The van der Waals surface area contributed by atoms with Crippen LogP contribution in [-0.2, 0) is 0 Å². The molecule has 0 radical (unpaired) electrons. The molecule has 0 aromatic heterocycles. The third-order valence-corrected chi connectivity index (χ3v) is 3.71. The van der Waals surface area contributed by atoms with Crippen LogP contribution in [0.2, 0.25) is 0 Å². The molecule has 0 spiro atoms. The molecule has 1 saturated heterocycles. The predicted molar refractivity (Wildman–Crippen MR) is 82.7 cm³/mol. The van der Waals surface area contributed by atoms with Crippen molar-refractivity contribution in [2.75, 3.05) is 30.7 Å². The molecule has 1 fully saturated rings. The minimum absolute atomic E-state index is 0.317. The van der Waals surface area contributed by atoms with Gasteiger partial charge in [0, 0.05) is 24.0 Å². The van der Waals surface area contributed by atoms with Crippen LogP contribution in [0.3, 0.4) is 0 Å². The molecule has 1 atom stereocenters. The van der Waals surface area contributed by atoms with Gasteiger partial charge >= 0.3 is 0 Å². The first-order chi connectivity index (χ1) is 9.56. The zero-order valence-corrected chi connectivity index (χ0v) is 12.1. The predicted octanol–water partition coefficient (Wildman–Crippen LogP) is 1.65. The number of piperidine rings is 1. The molecule has 1 heterocycles. The molecule has 1 amide bonds. The third-order valence-electron chi connectivity index (χ3n) is 3.71. The van der Waals surface area contributed by atoms with Gasteiger partial charge in [-0.3, -0.25) is 4.79 Å². The molecule has 5 nitrogen and oxygen atoms in total. The number of carbonyl (C=O) groups is 1. The lowest BCUT2D eigenvalue weighted by Crippen LogP contribution is -2.38. The number of benzene rings is 1. The number of primary amides is 1. The first kappa shape index (κ1) is 14.7. The van der Waals surface area contributed by atoms with Gasteiger partial charge in [0.05, 0.1) is 5.56 Å². The number of nitrogens with zero attached hydrogens (tertiary/aromatic N) is 1. The minimum Gasteiger partial charge on any atom is -0.398 e. The van der Waals surface area contributed by atoms with Crippen LogP contribution in [0.4, 0.5) is 11.4 Å². The van der Waals surface area contributed by atoms with Crippen molar-refractivity contribution < 1.29 is 4.79 Å². The summed E-state index contributed by atoms with van der Waals surface area (Å²) in [6, 6.07) is 5.65. The van der Waals surface area contributed by atoms with E-state index in [1.807, 2.05) is 6.07 Å². The number of carbonyl (C=O) groups excluding carboxylic acids is 1. The quantitative estimate of drug-likeness (QED) is 0.714. The molecule has 1 aromatic rings. The van der Waals surface area contributed by atoms with Gasteiger partial charge in [-0.15, -0.1) is 0 Å². The van der Waals surface area contributed by atoms with Crippen molar-refractivity contribution in [3.63, 3.8) is 0 Å². The monoisotopic (exact) mass is 276 g/mol. The molecule has 0 bridgehead atoms. The Morgan fingerprint density at radius 3 is 2.70 bits per heavy atom. The van der Waals surface area contributed by atoms with Gasteiger partial charge in [-0.1, -0.05) is 6.42 Å². The average molecular weight is 276 g/mol. The summed E-state index contributed by atoms with van der Waals surface area (Å²) in [6.45, 7) is 5.52. The molecule has 20 heavy (non-hydrogen) atoms. The van der Waals surface area contributed by atoms with Gasteiger partial charge in [0.15, 0.2) is 0 Å². The number of hydrogen-bond donors (Lipinski definition) is 3. The lowest BCUT2D eigenvalue weighted by atomic mass is 10.1. The largest absolute Gasteiger partial charge is 0.398 e. The topological polar surface area (TPSA) is 84.4 Å². The van der Waals surface area contributed by atoms with Gasteiger partial charge in [-0.2, -0.15) is 0 Å². The summed E-state index contributed by atoms with van der Waals surface area (Å²) in [5.41, 5.74) is 12.7. The highest BCUT2D eigenvalue weighted by molar-refractivity contribution is 5.98. The Morgan fingerprint density at radius 1 is 1.35 bits per heavy atom. The second kappa shape index (κ2) is 6.61. The van der Waals surface area contributed by atoms with Crippen LogP contribution >= 0.6 is 0 Å². The van der Waals surface area contributed by atoms with Crippen LogP contribution in [0.25, 0.3) is 0 Å². The Balaban J connectivity index is 1.95.